The molecule has 24 heavy (non-hydrogen) atoms. The summed E-state index contributed by atoms with van der Waals surface area (Å²) in [7, 11) is 1.48. The van der Waals surface area contributed by atoms with Crippen LogP contribution in [0.4, 0.5) is 8.78 Å². The van der Waals surface area contributed by atoms with Crippen LogP contribution in [0.25, 0.3) is 0 Å². The molecule has 0 aliphatic heterocycles. The number of nitriles is 1. The first-order valence-electron chi connectivity index (χ1n) is 7.70. The third-order valence-corrected chi connectivity index (χ3v) is 4.40. The van der Waals surface area contributed by atoms with Crippen molar-refractivity contribution in [2.24, 2.45) is 0 Å². The summed E-state index contributed by atoms with van der Waals surface area (Å²) in [5, 5.41) is 9.44. The molecule has 0 bridgehead atoms. The first-order valence-corrected chi connectivity index (χ1v) is 7.70. The molecule has 1 saturated carbocycles. The summed E-state index contributed by atoms with van der Waals surface area (Å²) in [6.45, 7) is -0.674. The van der Waals surface area contributed by atoms with Gasteiger partial charge in [-0.15, -0.1) is 0 Å². The fraction of sp³-hybridized carbons (Fsp3) is 0.471. The number of likely N-dealkylation sites (N-methyl/N-ethyl adjacent to an activating group) is 1. The first-order chi connectivity index (χ1) is 11.4. The van der Waals surface area contributed by atoms with Gasteiger partial charge in [-0.3, -0.25) is 4.79 Å². The van der Waals surface area contributed by atoms with Gasteiger partial charge in [0.1, 0.15) is 22.7 Å². The molecule has 1 fully saturated rings. The maximum atomic E-state index is 13.5. The zero-order valence-electron chi connectivity index (χ0n) is 13.3. The highest BCUT2D eigenvalue weighted by atomic mass is 19.1. The summed E-state index contributed by atoms with van der Waals surface area (Å²) in [5.74, 6) is -3.94. The normalized spacial score (nSPS) is 16.1. The molecule has 0 saturated heterocycles. The van der Waals surface area contributed by atoms with E-state index in [1.54, 1.807) is 0 Å². The van der Waals surface area contributed by atoms with E-state index in [9.17, 15) is 23.6 Å². The van der Waals surface area contributed by atoms with E-state index in [1.807, 2.05) is 0 Å². The van der Waals surface area contributed by atoms with Gasteiger partial charge in [-0.2, -0.15) is 5.26 Å². The Labute approximate surface area is 138 Å². The van der Waals surface area contributed by atoms with Crippen LogP contribution in [0.1, 0.15) is 42.5 Å². The first kappa shape index (κ1) is 17.9. The monoisotopic (exact) mass is 336 g/mol. The SMILES string of the molecule is CN(C(=O)COC(=O)c1c(F)cccc1F)C1(C#N)CCCCC1. The van der Waals surface area contributed by atoms with Crippen LogP contribution in [-0.4, -0.2) is 36.0 Å². The van der Waals surface area contributed by atoms with Gasteiger partial charge < -0.3 is 9.64 Å². The fourth-order valence-corrected chi connectivity index (χ4v) is 2.89. The fourth-order valence-electron chi connectivity index (χ4n) is 2.89. The second kappa shape index (κ2) is 7.39. The number of benzene rings is 1. The minimum atomic E-state index is -1.25. The number of nitrogens with zero attached hydrogens (tertiary/aromatic N) is 2. The van der Waals surface area contributed by atoms with E-state index in [-0.39, 0.29) is 0 Å². The lowest BCUT2D eigenvalue weighted by Gasteiger charge is -2.38. The molecule has 1 aliphatic rings. The molecular formula is C17H18F2N2O3. The van der Waals surface area contributed by atoms with Gasteiger partial charge in [-0.05, 0) is 25.0 Å². The predicted octanol–water partition coefficient (Wildman–Crippen LogP) is 2.81. The topological polar surface area (TPSA) is 70.4 Å². The second-order valence-electron chi connectivity index (χ2n) is 5.83. The van der Waals surface area contributed by atoms with E-state index in [2.05, 4.69) is 6.07 Å². The molecule has 1 aromatic carbocycles. The molecule has 1 aliphatic carbocycles. The molecule has 0 heterocycles. The zero-order chi connectivity index (χ0) is 17.7. The Morgan fingerprint density at radius 2 is 1.83 bits per heavy atom. The van der Waals surface area contributed by atoms with Gasteiger partial charge >= 0.3 is 5.97 Å². The van der Waals surface area contributed by atoms with Crippen LogP contribution in [0.3, 0.4) is 0 Å². The average Bonchev–Trinajstić information content (AvgIpc) is 2.59. The second-order valence-corrected chi connectivity index (χ2v) is 5.83. The van der Waals surface area contributed by atoms with Crippen molar-refractivity contribution >= 4 is 11.9 Å². The smallest absolute Gasteiger partial charge is 0.344 e. The Balaban J connectivity index is 2.02. The standard InChI is InChI=1S/C17H18F2N2O3/c1-21(17(11-20)8-3-2-4-9-17)14(22)10-24-16(23)15-12(18)6-5-7-13(15)19/h5-7H,2-4,8-10H2,1H3. The van der Waals surface area contributed by atoms with Crippen molar-refractivity contribution in [1.29, 1.82) is 5.26 Å². The zero-order valence-corrected chi connectivity index (χ0v) is 13.3. The lowest BCUT2D eigenvalue weighted by atomic mass is 9.81. The van der Waals surface area contributed by atoms with E-state index in [1.165, 1.54) is 11.9 Å². The van der Waals surface area contributed by atoms with Crippen molar-refractivity contribution in [2.45, 2.75) is 37.6 Å². The Morgan fingerprint density at radius 1 is 1.25 bits per heavy atom. The number of carbonyl (C=O) groups excluding carboxylic acids is 2. The number of halogens is 2. The van der Waals surface area contributed by atoms with E-state index >= 15 is 0 Å². The van der Waals surface area contributed by atoms with Crippen molar-refractivity contribution in [2.75, 3.05) is 13.7 Å². The molecule has 1 aromatic rings. The minimum absolute atomic E-state index is 0.557. The molecule has 0 aromatic heterocycles. The third kappa shape index (κ3) is 3.53. The highest BCUT2D eigenvalue weighted by Crippen LogP contribution is 2.32. The van der Waals surface area contributed by atoms with Crippen molar-refractivity contribution in [3.8, 4) is 6.07 Å². The van der Waals surface area contributed by atoms with Crippen LogP contribution in [-0.2, 0) is 9.53 Å². The lowest BCUT2D eigenvalue weighted by Crippen LogP contribution is -2.51. The summed E-state index contributed by atoms with van der Waals surface area (Å²) < 4.78 is 31.8. The number of hydrogen-bond acceptors (Lipinski definition) is 4. The van der Waals surface area contributed by atoms with E-state index in [0.717, 1.165) is 37.5 Å². The Bertz CT molecular complexity index is 659. The van der Waals surface area contributed by atoms with Gasteiger partial charge in [0.05, 0.1) is 6.07 Å². The summed E-state index contributed by atoms with van der Waals surface area (Å²) in [6, 6.07) is 5.17. The summed E-state index contributed by atoms with van der Waals surface area (Å²) in [6.07, 6.45) is 3.80. The molecule has 0 spiro atoms. The molecule has 0 radical (unpaired) electrons. The van der Waals surface area contributed by atoms with Crippen LogP contribution in [0, 0.1) is 23.0 Å². The van der Waals surface area contributed by atoms with Crippen molar-refractivity contribution < 1.29 is 23.1 Å². The lowest BCUT2D eigenvalue weighted by molar-refractivity contribution is -0.138. The summed E-state index contributed by atoms with van der Waals surface area (Å²) >= 11 is 0. The molecular weight excluding hydrogens is 318 g/mol. The quantitative estimate of drug-likeness (QED) is 0.793. The van der Waals surface area contributed by atoms with Crippen LogP contribution in [0.15, 0.2) is 18.2 Å². The van der Waals surface area contributed by atoms with Crippen molar-refractivity contribution in [3.63, 3.8) is 0 Å². The van der Waals surface area contributed by atoms with Crippen LogP contribution in [0.2, 0.25) is 0 Å². The average molecular weight is 336 g/mol. The van der Waals surface area contributed by atoms with E-state index in [4.69, 9.17) is 4.74 Å². The van der Waals surface area contributed by atoms with Crippen molar-refractivity contribution in [3.05, 3.63) is 35.4 Å². The van der Waals surface area contributed by atoms with E-state index < -0.39 is 41.2 Å². The number of amides is 1. The maximum absolute atomic E-state index is 13.5. The van der Waals surface area contributed by atoms with Gasteiger partial charge in [-0.25, -0.2) is 13.6 Å². The van der Waals surface area contributed by atoms with Crippen LogP contribution < -0.4 is 0 Å². The van der Waals surface area contributed by atoms with Gasteiger partial charge in [0, 0.05) is 7.05 Å². The third-order valence-electron chi connectivity index (χ3n) is 4.40. The van der Waals surface area contributed by atoms with Crippen LogP contribution in [0.5, 0.6) is 0 Å². The van der Waals surface area contributed by atoms with E-state index in [0.29, 0.717) is 12.8 Å². The molecule has 0 unspecified atom stereocenters. The Morgan fingerprint density at radius 3 is 2.38 bits per heavy atom. The highest BCUT2D eigenvalue weighted by Gasteiger charge is 2.39. The number of ether oxygens (including phenoxy) is 1. The molecule has 5 nitrogen and oxygen atoms in total. The molecule has 0 N–H and O–H groups in total. The largest absolute Gasteiger partial charge is 0.452 e. The molecule has 1 amide bonds. The number of esters is 1. The highest BCUT2D eigenvalue weighted by molar-refractivity contribution is 5.92. The molecule has 128 valence electrons. The van der Waals surface area contributed by atoms with Gasteiger partial charge in [0.2, 0.25) is 0 Å². The number of carbonyl (C=O) groups is 2. The Hall–Kier alpha value is -2.49. The number of rotatable bonds is 4. The van der Waals surface area contributed by atoms with Gasteiger partial charge in [-0.1, -0.05) is 25.3 Å². The molecule has 2 rings (SSSR count). The number of hydrogen-bond donors (Lipinski definition) is 0. The predicted molar refractivity (Wildman–Crippen MR) is 80.8 cm³/mol. The van der Waals surface area contributed by atoms with Crippen LogP contribution >= 0.6 is 0 Å². The van der Waals surface area contributed by atoms with Crippen molar-refractivity contribution in [1.82, 2.24) is 4.90 Å². The summed E-state index contributed by atoms with van der Waals surface area (Å²) in [5.41, 5.74) is -1.74. The van der Waals surface area contributed by atoms with Gasteiger partial charge in [0.25, 0.3) is 5.91 Å². The maximum Gasteiger partial charge on any atom is 0.344 e. The molecule has 0 atom stereocenters. The molecule has 7 heteroatoms. The van der Waals surface area contributed by atoms with Gasteiger partial charge in [0.15, 0.2) is 6.61 Å². The Kier molecular flexibility index (Phi) is 5.50. The summed E-state index contributed by atoms with van der Waals surface area (Å²) in [4.78, 5) is 25.3. The minimum Gasteiger partial charge on any atom is -0.452 e.